The Hall–Kier alpha value is -3.41. The normalized spacial score (nSPS) is 13.2. The highest BCUT2D eigenvalue weighted by Crippen LogP contribution is 2.32. The summed E-state index contributed by atoms with van der Waals surface area (Å²) >= 11 is 0. The molecule has 0 bridgehead atoms. The van der Waals surface area contributed by atoms with Crippen LogP contribution in [-0.2, 0) is 4.79 Å². The van der Waals surface area contributed by atoms with E-state index in [2.05, 4.69) is 0 Å². The standard InChI is InChI=1S/C22H19FN2O3/c1-14-11-18(15(2)25(14)17-9-7-16(23)8-10-17)20(26)12-24-19-5-3-4-6-21(19)28-13-22(24)27/h3-11H,12-13H2,1-2H3. The van der Waals surface area contributed by atoms with Crippen molar-refractivity contribution in [3.05, 3.63) is 77.4 Å². The molecule has 0 fully saturated rings. The minimum absolute atomic E-state index is 0.0626. The van der Waals surface area contributed by atoms with Crippen molar-refractivity contribution in [3.63, 3.8) is 0 Å². The highest BCUT2D eigenvalue weighted by Gasteiger charge is 2.28. The molecular formula is C22H19FN2O3. The zero-order valence-corrected chi connectivity index (χ0v) is 15.6. The van der Waals surface area contributed by atoms with Gasteiger partial charge in [-0.25, -0.2) is 4.39 Å². The van der Waals surface area contributed by atoms with Crippen LogP contribution in [0, 0.1) is 19.7 Å². The van der Waals surface area contributed by atoms with Gasteiger partial charge in [0.15, 0.2) is 12.4 Å². The van der Waals surface area contributed by atoms with Crippen LogP contribution in [0.15, 0.2) is 54.6 Å². The fraction of sp³-hybridized carbons (Fsp3) is 0.182. The van der Waals surface area contributed by atoms with Gasteiger partial charge in [-0.3, -0.25) is 14.5 Å². The summed E-state index contributed by atoms with van der Waals surface area (Å²) in [6, 6.07) is 15.1. The van der Waals surface area contributed by atoms with Gasteiger partial charge in [-0.1, -0.05) is 12.1 Å². The molecule has 1 aromatic heterocycles. The maximum absolute atomic E-state index is 13.2. The number of carbonyl (C=O) groups excluding carboxylic acids is 2. The Morgan fingerprint density at radius 2 is 1.82 bits per heavy atom. The van der Waals surface area contributed by atoms with Crippen LogP contribution in [0.25, 0.3) is 5.69 Å². The van der Waals surface area contributed by atoms with Gasteiger partial charge in [0, 0.05) is 22.6 Å². The van der Waals surface area contributed by atoms with Crippen LogP contribution in [0.3, 0.4) is 0 Å². The summed E-state index contributed by atoms with van der Waals surface area (Å²) in [4.78, 5) is 26.8. The Morgan fingerprint density at radius 1 is 1.11 bits per heavy atom. The lowest BCUT2D eigenvalue weighted by atomic mass is 10.1. The van der Waals surface area contributed by atoms with E-state index in [4.69, 9.17) is 4.74 Å². The van der Waals surface area contributed by atoms with E-state index < -0.39 is 0 Å². The number of anilines is 1. The zero-order chi connectivity index (χ0) is 19.8. The van der Waals surface area contributed by atoms with Crippen molar-refractivity contribution < 1.29 is 18.7 Å². The molecule has 28 heavy (non-hydrogen) atoms. The second-order valence-electron chi connectivity index (χ2n) is 6.76. The summed E-state index contributed by atoms with van der Waals surface area (Å²) in [5.74, 6) is -0.135. The van der Waals surface area contributed by atoms with E-state index in [1.165, 1.54) is 17.0 Å². The first-order valence-corrected chi connectivity index (χ1v) is 8.96. The molecule has 142 valence electrons. The summed E-state index contributed by atoms with van der Waals surface area (Å²) in [5.41, 5.74) is 3.53. The van der Waals surface area contributed by atoms with Gasteiger partial charge in [-0.2, -0.15) is 0 Å². The molecule has 0 radical (unpaired) electrons. The van der Waals surface area contributed by atoms with Gasteiger partial charge in [-0.05, 0) is 56.3 Å². The molecule has 2 aromatic carbocycles. The maximum Gasteiger partial charge on any atom is 0.265 e. The van der Waals surface area contributed by atoms with E-state index in [0.29, 0.717) is 17.0 Å². The van der Waals surface area contributed by atoms with Crippen LogP contribution in [0.4, 0.5) is 10.1 Å². The number of ketones is 1. The molecule has 1 aliphatic rings. The quantitative estimate of drug-likeness (QED) is 0.648. The average molecular weight is 378 g/mol. The Bertz CT molecular complexity index is 1070. The highest BCUT2D eigenvalue weighted by molar-refractivity contribution is 6.07. The third-order valence-corrected chi connectivity index (χ3v) is 4.93. The zero-order valence-electron chi connectivity index (χ0n) is 15.6. The van der Waals surface area contributed by atoms with Crippen molar-refractivity contribution in [2.45, 2.75) is 13.8 Å². The molecule has 0 unspecified atom stereocenters. The molecule has 3 aromatic rings. The number of fused-ring (bicyclic) bond motifs is 1. The lowest BCUT2D eigenvalue weighted by molar-refractivity contribution is -0.121. The summed E-state index contributed by atoms with van der Waals surface area (Å²) in [5, 5.41) is 0. The first-order chi connectivity index (χ1) is 13.5. The topological polar surface area (TPSA) is 51.5 Å². The Kier molecular flexibility index (Phi) is 4.47. The third-order valence-electron chi connectivity index (χ3n) is 4.93. The fourth-order valence-corrected chi connectivity index (χ4v) is 3.59. The first kappa shape index (κ1) is 18.0. The van der Waals surface area contributed by atoms with Gasteiger partial charge in [0.25, 0.3) is 5.91 Å². The van der Waals surface area contributed by atoms with Gasteiger partial charge in [0.05, 0.1) is 12.2 Å². The second-order valence-corrected chi connectivity index (χ2v) is 6.76. The van der Waals surface area contributed by atoms with Gasteiger partial charge in [0.2, 0.25) is 0 Å². The predicted octanol–water partition coefficient (Wildman–Crippen LogP) is 3.84. The molecule has 4 rings (SSSR count). The molecule has 5 nitrogen and oxygen atoms in total. The number of ether oxygens (including phenoxy) is 1. The van der Waals surface area contributed by atoms with Crippen LogP contribution in [-0.4, -0.2) is 29.4 Å². The number of nitrogens with zero attached hydrogens (tertiary/aromatic N) is 2. The van der Waals surface area contributed by atoms with E-state index in [1.807, 2.05) is 24.5 Å². The molecule has 0 saturated heterocycles. The summed E-state index contributed by atoms with van der Waals surface area (Å²) in [6.07, 6.45) is 0. The van der Waals surface area contributed by atoms with Crippen molar-refractivity contribution in [2.75, 3.05) is 18.1 Å². The molecule has 2 heterocycles. The summed E-state index contributed by atoms with van der Waals surface area (Å²) in [7, 11) is 0. The van der Waals surface area contributed by atoms with Gasteiger partial charge < -0.3 is 9.30 Å². The smallest absolute Gasteiger partial charge is 0.265 e. The maximum atomic E-state index is 13.2. The highest BCUT2D eigenvalue weighted by atomic mass is 19.1. The summed E-state index contributed by atoms with van der Waals surface area (Å²) < 4.78 is 20.6. The minimum atomic E-state index is -0.313. The monoisotopic (exact) mass is 378 g/mol. The second kappa shape index (κ2) is 6.96. The number of Topliss-reactive ketones (excluding diaryl/α,β-unsaturated/α-hetero) is 1. The van der Waals surface area contributed by atoms with Gasteiger partial charge >= 0.3 is 0 Å². The minimum Gasteiger partial charge on any atom is -0.482 e. The van der Waals surface area contributed by atoms with E-state index in [0.717, 1.165) is 17.1 Å². The van der Waals surface area contributed by atoms with Crippen LogP contribution >= 0.6 is 0 Å². The lowest BCUT2D eigenvalue weighted by Gasteiger charge is -2.28. The third kappa shape index (κ3) is 3.07. The van der Waals surface area contributed by atoms with Crippen LogP contribution in [0.1, 0.15) is 21.7 Å². The van der Waals surface area contributed by atoms with Crippen LogP contribution in [0.5, 0.6) is 5.75 Å². The number of aromatic nitrogens is 1. The number of halogens is 1. The molecule has 0 saturated carbocycles. The van der Waals surface area contributed by atoms with Crippen LogP contribution < -0.4 is 9.64 Å². The number of benzene rings is 2. The van der Waals surface area contributed by atoms with Crippen molar-refractivity contribution in [2.24, 2.45) is 0 Å². The molecule has 0 N–H and O–H groups in total. The van der Waals surface area contributed by atoms with Gasteiger partial charge in [-0.15, -0.1) is 0 Å². The molecule has 6 heteroatoms. The average Bonchev–Trinajstić information content (AvgIpc) is 2.99. The molecule has 0 spiro atoms. The van der Waals surface area contributed by atoms with E-state index in [9.17, 15) is 14.0 Å². The number of hydrogen-bond donors (Lipinski definition) is 0. The van der Waals surface area contributed by atoms with Crippen molar-refractivity contribution in [1.82, 2.24) is 4.57 Å². The largest absolute Gasteiger partial charge is 0.482 e. The SMILES string of the molecule is Cc1cc(C(=O)CN2C(=O)COc3ccccc32)c(C)n1-c1ccc(F)cc1. The molecule has 0 atom stereocenters. The number of carbonyl (C=O) groups is 2. The van der Waals surface area contributed by atoms with Crippen molar-refractivity contribution in [3.8, 4) is 11.4 Å². The van der Waals surface area contributed by atoms with Crippen LogP contribution in [0.2, 0.25) is 0 Å². The number of rotatable bonds is 4. The Labute approximate surface area is 162 Å². The van der Waals surface area contributed by atoms with E-state index >= 15 is 0 Å². The molecular weight excluding hydrogens is 359 g/mol. The van der Waals surface area contributed by atoms with E-state index in [1.54, 1.807) is 36.4 Å². The van der Waals surface area contributed by atoms with E-state index in [-0.39, 0.29) is 30.7 Å². The van der Waals surface area contributed by atoms with Crippen molar-refractivity contribution in [1.29, 1.82) is 0 Å². The predicted molar refractivity (Wildman–Crippen MR) is 104 cm³/mol. The van der Waals surface area contributed by atoms with Gasteiger partial charge in [0.1, 0.15) is 11.6 Å². The number of aryl methyl sites for hydroxylation is 1. The van der Waals surface area contributed by atoms with Crippen molar-refractivity contribution >= 4 is 17.4 Å². The summed E-state index contributed by atoms with van der Waals surface area (Å²) in [6.45, 7) is 3.59. The molecule has 1 amide bonds. The molecule has 0 aliphatic carbocycles. The Balaban J connectivity index is 1.66. The number of hydrogen-bond acceptors (Lipinski definition) is 3. The first-order valence-electron chi connectivity index (χ1n) is 8.96. The fourth-order valence-electron chi connectivity index (χ4n) is 3.59. The Morgan fingerprint density at radius 3 is 2.57 bits per heavy atom. The number of para-hydroxylation sites is 2. The lowest BCUT2D eigenvalue weighted by Crippen LogP contribution is -2.42. The molecule has 1 aliphatic heterocycles. The number of amides is 1.